The lowest BCUT2D eigenvalue weighted by Gasteiger charge is -2.40. The summed E-state index contributed by atoms with van der Waals surface area (Å²) in [6.07, 6.45) is 4.85. The summed E-state index contributed by atoms with van der Waals surface area (Å²) in [5.41, 5.74) is 1.37. The number of nitrogens with zero attached hydrogens (tertiary/aromatic N) is 2. The maximum atomic E-state index is 12.6. The molecule has 0 spiro atoms. The Labute approximate surface area is 137 Å². The van der Waals surface area contributed by atoms with Crippen molar-refractivity contribution in [2.24, 2.45) is 0 Å². The number of hydrogen-bond acceptors (Lipinski definition) is 3. The van der Waals surface area contributed by atoms with E-state index >= 15 is 0 Å². The fourth-order valence-corrected chi connectivity index (χ4v) is 3.93. The predicted molar refractivity (Wildman–Crippen MR) is 88.9 cm³/mol. The number of fused-ring (bicyclic) bond motifs is 2. The van der Waals surface area contributed by atoms with Gasteiger partial charge in [0.2, 0.25) is 0 Å². The van der Waals surface area contributed by atoms with Crippen molar-refractivity contribution in [3.8, 4) is 0 Å². The Kier molecular flexibility index (Phi) is 3.66. The molecule has 2 fully saturated rings. The summed E-state index contributed by atoms with van der Waals surface area (Å²) >= 11 is 3.43. The number of rotatable bonds is 2. The van der Waals surface area contributed by atoms with Gasteiger partial charge in [0, 0.05) is 28.5 Å². The van der Waals surface area contributed by atoms with Crippen molar-refractivity contribution in [2.45, 2.75) is 37.8 Å². The topological polar surface area (TPSA) is 61.0 Å². The van der Waals surface area contributed by atoms with Crippen molar-refractivity contribution >= 4 is 32.7 Å². The molecule has 0 radical (unpaired) electrons. The summed E-state index contributed by atoms with van der Waals surface area (Å²) < 4.78 is 0.975. The molecule has 2 N–H and O–H groups in total. The molecule has 1 unspecified atom stereocenters. The molecule has 3 heterocycles. The number of nitrogens with one attached hydrogen (secondary N) is 2. The minimum atomic E-state index is -0.0717. The van der Waals surface area contributed by atoms with E-state index in [1.807, 2.05) is 18.2 Å². The average Bonchev–Trinajstić information content (AvgIpc) is 2.84. The molecule has 6 heteroatoms. The van der Waals surface area contributed by atoms with Gasteiger partial charge in [-0.3, -0.25) is 14.8 Å². The number of benzene rings is 1. The lowest BCUT2D eigenvalue weighted by atomic mass is 10.00. The Morgan fingerprint density at radius 3 is 3.09 bits per heavy atom. The van der Waals surface area contributed by atoms with E-state index < -0.39 is 0 Å². The molecule has 2 aliphatic heterocycles. The summed E-state index contributed by atoms with van der Waals surface area (Å²) in [7, 11) is 0. The van der Waals surface area contributed by atoms with E-state index in [1.165, 1.54) is 25.8 Å². The highest BCUT2D eigenvalue weighted by atomic mass is 79.9. The molecule has 5 nitrogen and oxygen atoms in total. The van der Waals surface area contributed by atoms with Crippen LogP contribution in [0.15, 0.2) is 22.7 Å². The number of halogens is 1. The molecule has 2 saturated heterocycles. The van der Waals surface area contributed by atoms with Crippen molar-refractivity contribution in [3.05, 3.63) is 28.4 Å². The second-order valence-corrected chi connectivity index (χ2v) is 7.22. The fourth-order valence-electron chi connectivity index (χ4n) is 3.57. The quantitative estimate of drug-likeness (QED) is 0.863. The van der Waals surface area contributed by atoms with Crippen molar-refractivity contribution in [3.63, 3.8) is 0 Å². The highest BCUT2D eigenvalue weighted by Crippen LogP contribution is 2.27. The molecular formula is C16H19BrN4O. The van der Waals surface area contributed by atoms with Crippen molar-refractivity contribution < 1.29 is 4.79 Å². The second kappa shape index (κ2) is 5.66. The van der Waals surface area contributed by atoms with E-state index in [4.69, 9.17) is 0 Å². The first-order valence-corrected chi connectivity index (χ1v) is 8.68. The standard InChI is InChI=1S/C16H19BrN4O/c17-10-4-5-13-14(8-10)19-20-15(13)16(22)18-11-2-1-3-12-6-7-21(12)9-11/h4-5,8,11-12H,1-3,6-7,9H2,(H,18,22)(H,19,20)/t11-,12?/m1/s1. The smallest absolute Gasteiger partial charge is 0.272 e. The van der Waals surface area contributed by atoms with Crippen molar-refractivity contribution in [1.29, 1.82) is 0 Å². The van der Waals surface area contributed by atoms with Gasteiger partial charge in [0.25, 0.3) is 5.91 Å². The van der Waals surface area contributed by atoms with Crippen LogP contribution >= 0.6 is 15.9 Å². The van der Waals surface area contributed by atoms with Crippen LogP contribution in [0.4, 0.5) is 0 Å². The van der Waals surface area contributed by atoms with Crippen LogP contribution in [0.2, 0.25) is 0 Å². The molecule has 1 amide bonds. The SMILES string of the molecule is O=C(N[C@@H]1CCCC2CCN2C1)c1n[nH]c2cc(Br)ccc12. The number of H-pyrrole nitrogens is 1. The van der Waals surface area contributed by atoms with Crippen LogP contribution in [-0.4, -0.2) is 46.2 Å². The average molecular weight is 363 g/mol. The molecule has 0 saturated carbocycles. The van der Waals surface area contributed by atoms with E-state index in [0.29, 0.717) is 5.69 Å². The molecule has 1 aromatic carbocycles. The Hall–Kier alpha value is -1.40. The third kappa shape index (κ3) is 2.54. The molecule has 1 aromatic heterocycles. The first-order valence-electron chi connectivity index (χ1n) is 7.89. The van der Waals surface area contributed by atoms with E-state index in [2.05, 4.69) is 36.3 Å². The molecule has 2 aliphatic rings. The first kappa shape index (κ1) is 14.2. The van der Waals surface area contributed by atoms with Gasteiger partial charge in [0.05, 0.1) is 5.52 Å². The number of aromatic amines is 1. The summed E-state index contributed by atoms with van der Waals surface area (Å²) in [5, 5.41) is 11.2. The molecule has 0 aliphatic carbocycles. The Balaban J connectivity index is 1.51. The van der Waals surface area contributed by atoms with Gasteiger partial charge in [-0.05, 0) is 50.4 Å². The molecule has 22 heavy (non-hydrogen) atoms. The van der Waals surface area contributed by atoms with E-state index in [0.717, 1.165) is 34.4 Å². The van der Waals surface area contributed by atoms with Crippen LogP contribution in [0, 0.1) is 0 Å². The zero-order valence-electron chi connectivity index (χ0n) is 12.3. The van der Waals surface area contributed by atoms with Crippen molar-refractivity contribution in [1.82, 2.24) is 20.4 Å². The van der Waals surface area contributed by atoms with Gasteiger partial charge in [-0.15, -0.1) is 0 Å². The predicted octanol–water partition coefficient (Wildman–Crippen LogP) is 2.68. The summed E-state index contributed by atoms with van der Waals surface area (Å²) in [4.78, 5) is 15.1. The lowest BCUT2D eigenvalue weighted by molar-refractivity contribution is 0.0787. The number of carbonyl (C=O) groups is 1. The largest absolute Gasteiger partial charge is 0.347 e. The maximum Gasteiger partial charge on any atom is 0.272 e. The minimum absolute atomic E-state index is 0.0717. The molecule has 2 atom stereocenters. The lowest BCUT2D eigenvalue weighted by Crippen LogP contribution is -2.52. The van der Waals surface area contributed by atoms with E-state index in [1.54, 1.807) is 0 Å². The van der Waals surface area contributed by atoms with Crippen molar-refractivity contribution in [2.75, 3.05) is 13.1 Å². The van der Waals surface area contributed by atoms with E-state index in [9.17, 15) is 4.79 Å². The second-order valence-electron chi connectivity index (χ2n) is 6.30. The normalized spacial score (nSPS) is 25.3. The highest BCUT2D eigenvalue weighted by Gasteiger charge is 2.32. The Morgan fingerprint density at radius 1 is 1.36 bits per heavy atom. The number of hydrogen-bond donors (Lipinski definition) is 2. The van der Waals surface area contributed by atoms with Crippen LogP contribution in [0.5, 0.6) is 0 Å². The van der Waals surface area contributed by atoms with E-state index in [-0.39, 0.29) is 11.9 Å². The van der Waals surface area contributed by atoms with Gasteiger partial charge < -0.3 is 5.32 Å². The molecule has 2 aromatic rings. The van der Waals surface area contributed by atoms with Gasteiger partial charge in [-0.1, -0.05) is 15.9 Å². The maximum absolute atomic E-state index is 12.6. The highest BCUT2D eigenvalue weighted by molar-refractivity contribution is 9.10. The Bertz CT molecular complexity index is 713. The number of aromatic nitrogens is 2. The molecule has 4 rings (SSSR count). The van der Waals surface area contributed by atoms with Crippen LogP contribution < -0.4 is 5.32 Å². The number of carbonyl (C=O) groups excluding carboxylic acids is 1. The zero-order valence-corrected chi connectivity index (χ0v) is 13.9. The number of amides is 1. The zero-order chi connectivity index (χ0) is 15.1. The Morgan fingerprint density at radius 2 is 2.27 bits per heavy atom. The monoisotopic (exact) mass is 362 g/mol. The van der Waals surface area contributed by atoms with Crippen LogP contribution in [0.1, 0.15) is 36.2 Å². The third-order valence-electron chi connectivity index (χ3n) is 4.89. The third-order valence-corrected chi connectivity index (χ3v) is 5.38. The van der Waals surface area contributed by atoms with Crippen LogP contribution in [0.25, 0.3) is 10.9 Å². The minimum Gasteiger partial charge on any atom is -0.347 e. The van der Waals surface area contributed by atoms with Gasteiger partial charge in [-0.25, -0.2) is 0 Å². The van der Waals surface area contributed by atoms with Crippen LogP contribution in [0.3, 0.4) is 0 Å². The van der Waals surface area contributed by atoms with Gasteiger partial charge in [0.1, 0.15) is 0 Å². The molecular weight excluding hydrogens is 344 g/mol. The summed E-state index contributed by atoms with van der Waals surface area (Å²) in [6.45, 7) is 2.15. The van der Waals surface area contributed by atoms with Gasteiger partial charge in [0.15, 0.2) is 5.69 Å². The van der Waals surface area contributed by atoms with Gasteiger partial charge in [-0.2, -0.15) is 5.10 Å². The fraction of sp³-hybridized carbons (Fsp3) is 0.500. The molecule has 116 valence electrons. The molecule has 0 bridgehead atoms. The van der Waals surface area contributed by atoms with Crippen LogP contribution in [-0.2, 0) is 0 Å². The summed E-state index contributed by atoms with van der Waals surface area (Å²) in [6, 6.07) is 6.79. The van der Waals surface area contributed by atoms with Gasteiger partial charge >= 0.3 is 0 Å². The first-order chi connectivity index (χ1) is 10.7. The summed E-state index contributed by atoms with van der Waals surface area (Å²) in [5.74, 6) is -0.0717.